The van der Waals surface area contributed by atoms with Crippen molar-refractivity contribution in [1.29, 1.82) is 0 Å². The number of carbonyl (C=O) groups excluding carboxylic acids is 2. The van der Waals surface area contributed by atoms with Crippen LogP contribution in [0.3, 0.4) is 0 Å². The number of nitrogens with zero attached hydrogens (tertiary/aromatic N) is 1. The number of benzene rings is 1. The molecule has 1 aromatic carbocycles. The molecule has 148 valence electrons. The standard InChI is InChI=1S/C19H25N3O4.ClH/c20-10-13-3-1-4-14(13)21-18(23)15-5-2-8-22(15)19(24)12-6-7-16-17(9-12)26-11-25-16;/h6-7,9,13-15H,1-5,8,10-11,20H2,(H,21,23);1H. The molecule has 2 amide bonds. The fourth-order valence-corrected chi connectivity index (χ4v) is 4.27. The van der Waals surface area contributed by atoms with Gasteiger partial charge in [-0.15, -0.1) is 12.4 Å². The number of likely N-dealkylation sites (tertiary alicyclic amines) is 1. The quantitative estimate of drug-likeness (QED) is 0.809. The number of halogens is 1. The molecule has 2 heterocycles. The number of nitrogens with one attached hydrogen (secondary N) is 1. The van der Waals surface area contributed by atoms with Crippen LogP contribution in [0.5, 0.6) is 11.5 Å². The van der Waals surface area contributed by atoms with E-state index in [4.69, 9.17) is 15.2 Å². The van der Waals surface area contributed by atoms with Gasteiger partial charge in [-0.25, -0.2) is 0 Å². The highest BCUT2D eigenvalue weighted by atomic mass is 35.5. The Morgan fingerprint density at radius 1 is 1.15 bits per heavy atom. The third kappa shape index (κ3) is 3.84. The number of rotatable bonds is 4. The second-order valence-electron chi connectivity index (χ2n) is 7.27. The molecule has 1 aliphatic carbocycles. The van der Waals surface area contributed by atoms with Crippen LogP contribution in [0.4, 0.5) is 0 Å². The maximum Gasteiger partial charge on any atom is 0.254 e. The van der Waals surface area contributed by atoms with E-state index in [0.717, 1.165) is 25.7 Å². The molecule has 3 N–H and O–H groups in total. The number of ether oxygens (including phenoxy) is 2. The van der Waals surface area contributed by atoms with E-state index in [1.807, 2.05) is 0 Å². The lowest BCUT2D eigenvalue weighted by Gasteiger charge is -2.27. The van der Waals surface area contributed by atoms with Crippen molar-refractivity contribution in [2.24, 2.45) is 11.7 Å². The summed E-state index contributed by atoms with van der Waals surface area (Å²) in [6, 6.07) is 4.89. The molecular formula is C19H26ClN3O4. The third-order valence-corrected chi connectivity index (χ3v) is 5.73. The van der Waals surface area contributed by atoms with Crippen LogP contribution < -0.4 is 20.5 Å². The topological polar surface area (TPSA) is 93.9 Å². The molecule has 3 unspecified atom stereocenters. The molecule has 3 atom stereocenters. The van der Waals surface area contributed by atoms with Gasteiger partial charge in [0.05, 0.1) is 0 Å². The van der Waals surface area contributed by atoms with Crippen molar-refractivity contribution < 1.29 is 19.1 Å². The zero-order valence-corrected chi connectivity index (χ0v) is 16.0. The molecule has 0 aromatic heterocycles. The third-order valence-electron chi connectivity index (χ3n) is 5.73. The molecule has 7 nitrogen and oxygen atoms in total. The first-order valence-corrected chi connectivity index (χ1v) is 9.38. The normalized spacial score (nSPS) is 26.0. The smallest absolute Gasteiger partial charge is 0.254 e. The number of nitrogens with two attached hydrogens (primary N) is 1. The Morgan fingerprint density at radius 3 is 2.78 bits per heavy atom. The minimum Gasteiger partial charge on any atom is -0.454 e. The van der Waals surface area contributed by atoms with Crippen LogP contribution in [0.15, 0.2) is 18.2 Å². The van der Waals surface area contributed by atoms with Gasteiger partial charge < -0.3 is 25.4 Å². The van der Waals surface area contributed by atoms with E-state index in [1.54, 1.807) is 23.1 Å². The lowest BCUT2D eigenvalue weighted by Crippen LogP contribution is -2.50. The molecule has 0 radical (unpaired) electrons. The molecular weight excluding hydrogens is 370 g/mol. The Morgan fingerprint density at radius 2 is 1.96 bits per heavy atom. The van der Waals surface area contributed by atoms with E-state index < -0.39 is 6.04 Å². The predicted molar refractivity (Wildman–Crippen MR) is 102 cm³/mol. The highest BCUT2D eigenvalue weighted by Crippen LogP contribution is 2.33. The fraction of sp³-hybridized carbons (Fsp3) is 0.579. The lowest BCUT2D eigenvalue weighted by molar-refractivity contribution is -0.125. The van der Waals surface area contributed by atoms with Crippen molar-refractivity contribution in [3.05, 3.63) is 23.8 Å². The average Bonchev–Trinajstić information content (AvgIpc) is 3.39. The summed E-state index contributed by atoms with van der Waals surface area (Å²) in [7, 11) is 0. The van der Waals surface area contributed by atoms with Gasteiger partial charge in [0.2, 0.25) is 12.7 Å². The van der Waals surface area contributed by atoms with Crippen LogP contribution in [0.2, 0.25) is 0 Å². The Balaban J connectivity index is 0.00000210. The van der Waals surface area contributed by atoms with Crippen LogP contribution in [0.25, 0.3) is 0 Å². The summed E-state index contributed by atoms with van der Waals surface area (Å²) in [5.74, 6) is 1.38. The summed E-state index contributed by atoms with van der Waals surface area (Å²) in [6.45, 7) is 1.36. The zero-order valence-electron chi connectivity index (χ0n) is 15.2. The summed E-state index contributed by atoms with van der Waals surface area (Å²) < 4.78 is 10.6. The Kier molecular flexibility index (Phi) is 6.11. The summed E-state index contributed by atoms with van der Waals surface area (Å²) in [5.41, 5.74) is 6.33. The molecule has 2 aliphatic heterocycles. The van der Waals surface area contributed by atoms with Crippen molar-refractivity contribution in [2.75, 3.05) is 19.9 Å². The molecule has 0 bridgehead atoms. The second-order valence-corrected chi connectivity index (χ2v) is 7.27. The second kappa shape index (κ2) is 8.35. The van der Waals surface area contributed by atoms with Gasteiger partial charge in [-0.2, -0.15) is 0 Å². The van der Waals surface area contributed by atoms with E-state index in [9.17, 15) is 9.59 Å². The Labute approximate surface area is 165 Å². The average molecular weight is 396 g/mol. The van der Waals surface area contributed by atoms with E-state index >= 15 is 0 Å². The number of fused-ring (bicyclic) bond motifs is 1. The van der Waals surface area contributed by atoms with Crippen molar-refractivity contribution >= 4 is 24.2 Å². The van der Waals surface area contributed by atoms with Crippen molar-refractivity contribution in [1.82, 2.24) is 10.2 Å². The molecule has 0 spiro atoms. The monoisotopic (exact) mass is 395 g/mol. The number of carbonyl (C=O) groups is 2. The van der Waals surface area contributed by atoms with Gasteiger partial charge in [-0.1, -0.05) is 6.42 Å². The summed E-state index contributed by atoms with van der Waals surface area (Å²) in [6.07, 6.45) is 4.65. The number of amides is 2. The summed E-state index contributed by atoms with van der Waals surface area (Å²) >= 11 is 0. The minimum absolute atomic E-state index is 0. The van der Waals surface area contributed by atoms with E-state index in [1.165, 1.54) is 0 Å². The highest BCUT2D eigenvalue weighted by molar-refractivity contribution is 5.98. The first kappa shape index (κ1) is 19.8. The molecule has 4 rings (SSSR count). The molecule has 2 fully saturated rings. The van der Waals surface area contributed by atoms with Gasteiger partial charge in [-0.3, -0.25) is 9.59 Å². The summed E-state index contributed by atoms with van der Waals surface area (Å²) in [5, 5.41) is 3.14. The van der Waals surface area contributed by atoms with E-state index in [0.29, 0.717) is 42.5 Å². The number of hydrogen-bond acceptors (Lipinski definition) is 5. The lowest BCUT2D eigenvalue weighted by atomic mass is 10.0. The minimum atomic E-state index is -0.410. The maximum absolute atomic E-state index is 12.9. The fourth-order valence-electron chi connectivity index (χ4n) is 4.27. The van der Waals surface area contributed by atoms with Crippen LogP contribution in [0, 0.1) is 5.92 Å². The van der Waals surface area contributed by atoms with Gasteiger partial charge in [-0.05, 0) is 56.3 Å². The highest BCUT2D eigenvalue weighted by Gasteiger charge is 2.37. The van der Waals surface area contributed by atoms with E-state index in [-0.39, 0.29) is 37.1 Å². The Hall–Kier alpha value is -1.99. The van der Waals surface area contributed by atoms with Crippen LogP contribution in [0.1, 0.15) is 42.5 Å². The molecule has 8 heteroatoms. The number of hydrogen-bond donors (Lipinski definition) is 2. The van der Waals surface area contributed by atoms with Crippen molar-refractivity contribution in [2.45, 2.75) is 44.2 Å². The van der Waals surface area contributed by atoms with Crippen LogP contribution in [-0.4, -0.2) is 48.7 Å². The molecule has 3 aliphatic rings. The van der Waals surface area contributed by atoms with Gasteiger partial charge >= 0.3 is 0 Å². The molecule has 1 aromatic rings. The van der Waals surface area contributed by atoms with Gasteiger partial charge in [0, 0.05) is 18.2 Å². The molecule has 1 saturated heterocycles. The first-order valence-electron chi connectivity index (χ1n) is 9.38. The van der Waals surface area contributed by atoms with Gasteiger partial charge in [0.25, 0.3) is 5.91 Å². The zero-order chi connectivity index (χ0) is 18.1. The maximum atomic E-state index is 12.9. The van der Waals surface area contributed by atoms with Crippen molar-refractivity contribution in [3.8, 4) is 11.5 Å². The van der Waals surface area contributed by atoms with Gasteiger partial charge in [0.15, 0.2) is 11.5 Å². The Bertz CT molecular complexity index is 714. The first-order chi connectivity index (χ1) is 12.7. The van der Waals surface area contributed by atoms with Crippen molar-refractivity contribution in [3.63, 3.8) is 0 Å². The largest absolute Gasteiger partial charge is 0.454 e. The summed E-state index contributed by atoms with van der Waals surface area (Å²) in [4.78, 5) is 27.4. The van der Waals surface area contributed by atoms with E-state index in [2.05, 4.69) is 5.32 Å². The van der Waals surface area contributed by atoms with Gasteiger partial charge in [0.1, 0.15) is 6.04 Å². The van der Waals surface area contributed by atoms with Crippen LogP contribution >= 0.6 is 12.4 Å². The SMILES string of the molecule is Cl.NCC1CCCC1NC(=O)C1CCCN1C(=O)c1ccc2c(c1)OCO2. The predicted octanol–water partition coefficient (Wildman–Crippen LogP) is 1.69. The molecule has 1 saturated carbocycles. The van der Waals surface area contributed by atoms with Crippen LogP contribution in [-0.2, 0) is 4.79 Å². The molecule has 27 heavy (non-hydrogen) atoms.